The Bertz CT molecular complexity index is 558. The molecule has 0 amide bonds. The largest absolute Gasteiger partial charge is 0.507 e. The number of hydrogen-bond acceptors (Lipinski definition) is 5. The highest BCUT2D eigenvalue weighted by Crippen LogP contribution is 2.30. The van der Waals surface area contributed by atoms with Crippen LogP contribution >= 0.6 is 0 Å². The molecule has 20 heavy (non-hydrogen) atoms. The summed E-state index contributed by atoms with van der Waals surface area (Å²) in [5.41, 5.74) is 2.13. The van der Waals surface area contributed by atoms with E-state index in [-0.39, 0.29) is 5.76 Å². The highest BCUT2D eigenvalue weighted by molar-refractivity contribution is 6.39. The van der Waals surface area contributed by atoms with E-state index in [1.807, 2.05) is 26.8 Å². The van der Waals surface area contributed by atoms with Crippen LogP contribution in [0, 0.1) is 13.8 Å². The van der Waals surface area contributed by atoms with E-state index in [1.54, 1.807) is 6.07 Å². The third kappa shape index (κ3) is 3.60. The van der Waals surface area contributed by atoms with E-state index >= 15 is 0 Å². The molecule has 0 saturated heterocycles. The first-order valence-electron chi connectivity index (χ1n) is 6.18. The first kappa shape index (κ1) is 15.8. The summed E-state index contributed by atoms with van der Waals surface area (Å²) in [6, 6.07) is 3.60. The van der Waals surface area contributed by atoms with Crippen LogP contribution in [0.2, 0.25) is 0 Å². The molecule has 0 aliphatic rings. The molecule has 0 heterocycles. The van der Waals surface area contributed by atoms with E-state index in [4.69, 9.17) is 4.74 Å². The van der Waals surface area contributed by atoms with Crippen molar-refractivity contribution in [3.63, 3.8) is 0 Å². The number of aliphatic hydroxyl groups excluding tert-OH is 1. The smallest absolute Gasteiger partial charge is 0.378 e. The van der Waals surface area contributed by atoms with Gasteiger partial charge < -0.3 is 14.6 Å². The number of benzene rings is 1. The molecule has 0 saturated carbocycles. The van der Waals surface area contributed by atoms with Gasteiger partial charge in [0.1, 0.15) is 11.5 Å². The minimum Gasteiger partial charge on any atom is -0.507 e. The number of carbonyl (C=O) groups excluding carboxylic acids is 2. The van der Waals surface area contributed by atoms with Crippen molar-refractivity contribution >= 4 is 17.5 Å². The SMILES string of the molecule is CCOc1c(C)cc(C)cc1/C(O)=C\C(=O)C(=O)OC. The van der Waals surface area contributed by atoms with Gasteiger partial charge >= 0.3 is 5.97 Å². The minimum atomic E-state index is -1.03. The predicted molar refractivity (Wildman–Crippen MR) is 74.7 cm³/mol. The number of rotatable bonds is 5. The maximum atomic E-state index is 11.4. The van der Waals surface area contributed by atoms with E-state index in [0.717, 1.165) is 24.3 Å². The Balaban J connectivity index is 3.27. The number of ketones is 1. The second-order valence-corrected chi connectivity index (χ2v) is 4.28. The Labute approximate surface area is 117 Å². The molecule has 0 fully saturated rings. The molecule has 0 unspecified atom stereocenters. The van der Waals surface area contributed by atoms with Crippen molar-refractivity contribution in [3.8, 4) is 5.75 Å². The molecule has 1 aromatic carbocycles. The zero-order valence-corrected chi connectivity index (χ0v) is 12.0. The lowest BCUT2D eigenvalue weighted by Crippen LogP contribution is -2.13. The number of aryl methyl sites for hydroxylation is 2. The molecule has 0 spiro atoms. The number of esters is 1. The Morgan fingerprint density at radius 2 is 1.95 bits per heavy atom. The number of methoxy groups -OCH3 is 1. The maximum Gasteiger partial charge on any atom is 0.378 e. The van der Waals surface area contributed by atoms with Crippen LogP contribution in [0.3, 0.4) is 0 Å². The summed E-state index contributed by atoms with van der Waals surface area (Å²) in [5.74, 6) is -1.79. The van der Waals surface area contributed by atoms with Crippen LogP contribution in [0.25, 0.3) is 5.76 Å². The Morgan fingerprint density at radius 1 is 1.30 bits per heavy atom. The monoisotopic (exact) mass is 278 g/mol. The van der Waals surface area contributed by atoms with Crippen molar-refractivity contribution in [1.29, 1.82) is 0 Å². The molecule has 5 nitrogen and oxygen atoms in total. The van der Waals surface area contributed by atoms with Crippen LogP contribution in [0.5, 0.6) is 5.75 Å². The van der Waals surface area contributed by atoms with Gasteiger partial charge in [0.2, 0.25) is 0 Å². The van der Waals surface area contributed by atoms with Gasteiger partial charge in [-0.3, -0.25) is 4.79 Å². The number of ether oxygens (including phenoxy) is 2. The summed E-state index contributed by atoms with van der Waals surface area (Å²) >= 11 is 0. The molecule has 0 aliphatic carbocycles. The third-order valence-corrected chi connectivity index (χ3v) is 2.64. The van der Waals surface area contributed by atoms with Gasteiger partial charge in [-0.15, -0.1) is 0 Å². The van der Waals surface area contributed by atoms with Crippen molar-refractivity contribution in [2.24, 2.45) is 0 Å². The van der Waals surface area contributed by atoms with Crippen molar-refractivity contribution in [2.75, 3.05) is 13.7 Å². The quantitative estimate of drug-likeness (QED) is 0.387. The molecule has 1 aromatic rings. The first-order chi connectivity index (χ1) is 9.40. The van der Waals surface area contributed by atoms with Gasteiger partial charge in [0.25, 0.3) is 5.78 Å². The van der Waals surface area contributed by atoms with Crippen LogP contribution in [-0.4, -0.2) is 30.6 Å². The molecule has 1 rings (SSSR count). The summed E-state index contributed by atoms with van der Waals surface area (Å²) in [5, 5.41) is 10.0. The molecular formula is C15H18O5. The van der Waals surface area contributed by atoms with Crippen LogP contribution in [0.15, 0.2) is 18.2 Å². The normalized spacial score (nSPS) is 11.1. The fourth-order valence-corrected chi connectivity index (χ4v) is 1.84. The number of carbonyl (C=O) groups is 2. The van der Waals surface area contributed by atoms with Crippen LogP contribution in [0.1, 0.15) is 23.6 Å². The number of hydrogen-bond donors (Lipinski definition) is 1. The van der Waals surface area contributed by atoms with Crippen LogP contribution in [-0.2, 0) is 14.3 Å². The van der Waals surface area contributed by atoms with Crippen molar-refractivity contribution in [1.82, 2.24) is 0 Å². The van der Waals surface area contributed by atoms with Crippen molar-refractivity contribution in [3.05, 3.63) is 34.9 Å². The lowest BCUT2D eigenvalue weighted by Gasteiger charge is -2.13. The van der Waals surface area contributed by atoms with Crippen LogP contribution < -0.4 is 4.74 Å². The molecule has 108 valence electrons. The van der Waals surface area contributed by atoms with Gasteiger partial charge in [0.15, 0.2) is 0 Å². The average Bonchev–Trinajstić information content (AvgIpc) is 2.40. The molecule has 0 aliphatic heterocycles. The van der Waals surface area contributed by atoms with E-state index in [1.165, 1.54) is 0 Å². The second-order valence-electron chi connectivity index (χ2n) is 4.28. The Hall–Kier alpha value is -2.30. The van der Waals surface area contributed by atoms with Gasteiger partial charge in [-0.1, -0.05) is 6.07 Å². The van der Waals surface area contributed by atoms with E-state index in [2.05, 4.69) is 4.74 Å². The van der Waals surface area contributed by atoms with Gasteiger partial charge in [-0.25, -0.2) is 4.79 Å². The standard InChI is InChI=1S/C15H18O5/c1-5-20-14-10(3)6-9(2)7-11(14)12(16)8-13(17)15(18)19-4/h6-8,16H,5H2,1-4H3/b12-8+. The number of aliphatic hydroxyl groups is 1. The molecule has 0 aromatic heterocycles. The molecule has 5 heteroatoms. The highest BCUT2D eigenvalue weighted by atomic mass is 16.5. The summed E-state index contributed by atoms with van der Waals surface area (Å²) in [7, 11) is 1.10. The maximum absolute atomic E-state index is 11.4. The molecule has 0 atom stereocenters. The Morgan fingerprint density at radius 3 is 2.50 bits per heavy atom. The first-order valence-corrected chi connectivity index (χ1v) is 6.18. The van der Waals surface area contributed by atoms with E-state index < -0.39 is 11.8 Å². The average molecular weight is 278 g/mol. The molecule has 0 bridgehead atoms. The summed E-state index contributed by atoms with van der Waals surface area (Å²) in [6.07, 6.45) is 0.836. The van der Waals surface area contributed by atoms with E-state index in [9.17, 15) is 14.7 Å². The van der Waals surface area contributed by atoms with Gasteiger partial charge in [0.05, 0.1) is 19.3 Å². The fourth-order valence-electron chi connectivity index (χ4n) is 1.84. The zero-order chi connectivity index (χ0) is 15.3. The second kappa shape index (κ2) is 6.75. The fraction of sp³-hybridized carbons (Fsp3) is 0.333. The van der Waals surface area contributed by atoms with Crippen molar-refractivity contribution in [2.45, 2.75) is 20.8 Å². The summed E-state index contributed by atoms with van der Waals surface area (Å²) < 4.78 is 9.78. The van der Waals surface area contributed by atoms with Crippen LogP contribution in [0.4, 0.5) is 0 Å². The van der Waals surface area contributed by atoms with Gasteiger partial charge in [-0.05, 0) is 38.0 Å². The zero-order valence-electron chi connectivity index (χ0n) is 12.0. The Kier molecular flexibility index (Phi) is 5.32. The van der Waals surface area contributed by atoms with E-state index in [0.29, 0.717) is 17.9 Å². The topological polar surface area (TPSA) is 72.8 Å². The summed E-state index contributed by atoms with van der Waals surface area (Å²) in [6.45, 7) is 5.96. The lowest BCUT2D eigenvalue weighted by molar-refractivity contribution is -0.149. The third-order valence-electron chi connectivity index (χ3n) is 2.64. The molecule has 1 N–H and O–H groups in total. The lowest BCUT2D eigenvalue weighted by atomic mass is 10.0. The minimum absolute atomic E-state index is 0.323. The predicted octanol–water partition coefficient (Wildman–Crippen LogP) is 2.34. The molecule has 0 radical (unpaired) electrons. The van der Waals surface area contributed by atoms with Gasteiger partial charge in [-0.2, -0.15) is 0 Å². The van der Waals surface area contributed by atoms with Crippen molar-refractivity contribution < 1.29 is 24.2 Å². The summed E-state index contributed by atoms with van der Waals surface area (Å²) in [4.78, 5) is 22.5. The van der Waals surface area contributed by atoms with Gasteiger partial charge in [0, 0.05) is 6.08 Å². The molecular weight excluding hydrogens is 260 g/mol. The highest BCUT2D eigenvalue weighted by Gasteiger charge is 2.16.